The summed E-state index contributed by atoms with van der Waals surface area (Å²) in [5.74, 6) is 0.860. The Kier molecular flexibility index (Phi) is 6.82. The molecule has 0 bridgehead atoms. The van der Waals surface area contributed by atoms with Crippen molar-refractivity contribution in [1.29, 1.82) is 5.26 Å². The van der Waals surface area contributed by atoms with Crippen LogP contribution >= 0.6 is 0 Å². The predicted molar refractivity (Wildman–Crippen MR) is 126 cm³/mol. The molecule has 0 unspecified atom stereocenters. The lowest BCUT2D eigenvalue weighted by atomic mass is 10.1. The van der Waals surface area contributed by atoms with Crippen molar-refractivity contribution in [3.63, 3.8) is 0 Å². The molecule has 2 fully saturated rings. The number of nitriles is 1. The lowest BCUT2D eigenvalue weighted by Gasteiger charge is -2.25. The average Bonchev–Trinajstić information content (AvgIpc) is 3.41. The van der Waals surface area contributed by atoms with E-state index in [1.807, 2.05) is 43.1 Å². The number of amides is 2. The number of aliphatic imine (C=N–C) groups is 1. The van der Waals surface area contributed by atoms with Crippen LogP contribution < -0.4 is 10.6 Å². The third kappa shape index (κ3) is 5.28. The van der Waals surface area contributed by atoms with Gasteiger partial charge in [-0.1, -0.05) is 0 Å². The van der Waals surface area contributed by atoms with Gasteiger partial charge in [0, 0.05) is 30.7 Å². The minimum absolute atomic E-state index is 0.00170. The van der Waals surface area contributed by atoms with Gasteiger partial charge in [0.1, 0.15) is 17.4 Å². The highest BCUT2D eigenvalue weighted by atomic mass is 16.3. The SMILES string of the molecule is Cc1cc2cc(NC(=N[C@H]3CCCCN(CC(=O)N4CCCC4)C3=O)NC#N)cc(C)c2o1. The summed E-state index contributed by atoms with van der Waals surface area (Å²) >= 11 is 0. The highest BCUT2D eigenvalue weighted by molar-refractivity contribution is 5.99. The fourth-order valence-corrected chi connectivity index (χ4v) is 4.56. The van der Waals surface area contributed by atoms with E-state index in [1.54, 1.807) is 4.90 Å². The Balaban J connectivity index is 1.52. The third-order valence-corrected chi connectivity index (χ3v) is 6.18. The van der Waals surface area contributed by atoms with Crippen LogP contribution in [0.5, 0.6) is 0 Å². The molecule has 9 heteroatoms. The highest BCUT2D eigenvalue weighted by Gasteiger charge is 2.30. The largest absolute Gasteiger partial charge is 0.461 e. The molecule has 0 radical (unpaired) electrons. The molecule has 0 saturated carbocycles. The van der Waals surface area contributed by atoms with Crippen LogP contribution in [0, 0.1) is 25.3 Å². The smallest absolute Gasteiger partial charge is 0.247 e. The van der Waals surface area contributed by atoms with Crippen LogP contribution in [0.2, 0.25) is 0 Å². The molecule has 2 saturated heterocycles. The first-order chi connectivity index (χ1) is 15.9. The number of furan rings is 1. The van der Waals surface area contributed by atoms with Crippen LogP contribution in [0.15, 0.2) is 27.6 Å². The summed E-state index contributed by atoms with van der Waals surface area (Å²) in [7, 11) is 0. The van der Waals surface area contributed by atoms with Crippen molar-refractivity contribution in [1.82, 2.24) is 15.1 Å². The van der Waals surface area contributed by atoms with Crippen molar-refractivity contribution in [2.75, 3.05) is 31.5 Å². The van der Waals surface area contributed by atoms with Crippen LogP contribution in [-0.2, 0) is 9.59 Å². The van der Waals surface area contributed by atoms with E-state index in [2.05, 4.69) is 15.6 Å². The molecule has 174 valence electrons. The Morgan fingerprint density at radius 3 is 2.70 bits per heavy atom. The van der Waals surface area contributed by atoms with Crippen LogP contribution in [0.3, 0.4) is 0 Å². The number of guanidine groups is 1. The Bertz CT molecular complexity index is 1110. The molecule has 2 aromatic rings. The first kappa shape index (κ1) is 22.6. The molecule has 2 aliphatic rings. The van der Waals surface area contributed by atoms with E-state index in [1.165, 1.54) is 0 Å². The Morgan fingerprint density at radius 2 is 1.94 bits per heavy atom. The zero-order valence-corrected chi connectivity index (χ0v) is 19.2. The summed E-state index contributed by atoms with van der Waals surface area (Å²) in [5.41, 5.74) is 2.52. The number of hydrogen-bond acceptors (Lipinski definition) is 5. The number of nitrogens with zero attached hydrogens (tertiary/aromatic N) is 4. The van der Waals surface area contributed by atoms with Gasteiger partial charge in [0.25, 0.3) is 0 Å². The van der Waals surface area contributed by atoms with Crippen molar-refractivity contribution < 1.29 is 14.0 Å². The Labute approximate surface area is 193 Å². The van der Waals surface area contributed by atoms with E-state index in [4.69, 9.17) is 4.42 Å². The molecule has 9 nitrogen and oxygen atoms in total. The first-order valence-electron chi connectivity index (χ1n) is 11.5. The minimum Gasteiger partial charge on any atom is -0.461 e. The summed E-state index contributed by atoms with van der Waals surface area (Å²) in [5, 5.41) is 15.9. The monoisotopic (exact) mass is 450 g/mol. The second-order valence-corrected chi connectivity index (χ2v) is 8.77. The number of rotatable bonds is 4. The van der Waals surface area contributed by atoms with Gasteiger partial charge < -0.3 is 19.5 Å². The second-order valence-electron chi connectivity index (χ2n) is 8.77. The van der Waals surface area contributed by atoms with Crippen LogP contribution in [0.25, 0.3) is 11.0 Å². The van der Waals surface area contributed by atoms with Crippen molar-refractivity contribution >= 4 is 34.4 Å². The molecule has 3 heterocycles. The van der Waals surface area contributed by atoms with E-state index >= 15 is 0 Å². The average molecular weight is 451 g/mol. The molecule has 1 aromatic heterocycles. The number of fused-ring (bicyclic) bond motifs is 1. The molecule has 33 heavy (non-hydrogen) atoms. The molecule has 2 aliphatic heterocycles. The maximum atomic E-state index is 13.2. The van der Waals surface area contributed by atoms with Gasteiger partial charge in [-0.25, -0.2) is 4.99 Å². The standard InChI is InChI=1S/C24H30N6O3/c1-16-11-19(13-18-12-17(2)33-22(16)18)27-24(26-15-25)28-20-7-3-4-10-30(23(20)32)14-21(31)29-8-5-6-9-29/h11-13,20H,3-10,14H2,1-2H3,(H2,26,27,28)/t20-/m0/s1. The molecule has 2 N–H and O–H groups in total. The fraction of sp³-hybridized carbons (Fsp3) is 0.500. The van der Waals surface area contributed by atoms with Crippen molar-refractivity contribution in [3.05, 3.63) is 29.5 Å². The molecule has 0 spiro atoms. The number of nitrogens with one attached hydrogen (secondary N) is 2. The third-order valence-electron chi connectivity index (χ3n) is 6.18. The molecule has 2 amide bonds. The molecule has 4 rings (SSSR count). The van der Waals surface area contributed by atoms with Gasteiger partial charge in [-0.3, -0.25) is 14.9 Å². The summed E-state index contributed by atoms with van der Waals surface area (Å²) in [4.78, 5) is 33.8. The number of benzene rings is 1. The number of carbonyl (C=O) groups is 2. The summed E-state index contributed by atoms with van der Waals surface area (Å²) in [6.45, 7) is 6.03. The van der Waals surface area contributed by atoms with Crippen molar-refractivity contribution in [2.45, 2.75) is 52.0 Å². The molecule has 1 atom stereocenters. The van der Waals surface area contributed by atoms with Gasteiger partial charge in [-0.15, -0.1) is 0 Å². The summed E-state index contributed by atoms with van der Waals surface area (Å²) in [6, 6.07) is 5.13. The lowest BCUT2D eigenvalue weighted by molar-refractivity contribution is -0.140. The molecular weight excluding hydrogens is 420 g/mol. The lowest BCUT2D eigenvalue weighted by Crippen LogP contribution is -2.45. The normalized spacial score (nSPS) is 19.5. The number of likely N-dealkylation sites (tertiary alicyclic amines) is 2. The van der Waals surface area contributed by atoms with Crippen LogP contribution in [0.4, 0.5) is 5.69 Å². The van der Waals surface area contributed by atoms with Gasteiger partial charge in [0.15, 0.2) is 6.19 Å². The summed E-state index contributed by atoms with van der Waals surface area (Å²) < 4.78 is 5.73. The van der Waals surface area contributed by atoms with E-state index in [9.17, 15) is 14.9 Å². The van der Waals surface area contributed by atoms with Gasteiger partial charge in [0.05, 0.1) is 6.54 Å². The topological polar surface area (TPSA) is 114 Å². The quantitative estimate of drug-likeness (QED) is 0.320. The van der Waals surface area contributed by atoms with Gasteiger partial charge in [-0.05, 0) is 69.7 Å². The number of hydrogen-bond donors (Lipinski definition) is 2. The second kappa shape index (κ2) is 9.94. The van der Waals surface area contributed by atoms with E-state index in [-0.39, 0.29) is 24.3 Å². The summed E-state index contributed by atoms with van der Waals surface area (Å²) in [6.07, 6.45) is 6.16. The fourth-order valence-electron chi connectivity index (χ4n) is 4.56. The van der Waals surface area contributed by atoms with Crippen molar-refractivity contribution in [2.24, 2.45) is 4.99 Å². The van der Waals surface area contributed by atoms with Gasteiger partial charge in [-0.2, -0.15) is 5.26 Å². The Morgan fingerprint density at radius 1 is 1.18 bits per heavy atom. The van der Waals surface area contributed by atoms with E-state index in [0.29, 0.717) is 13.0 Å². The number of aryl methyl sites for hydroxylation is 2. The van der Waals surface area contributed by atoms with Crippen molar-refractivity contribution in [3.8, 4) is 6.19 Å². The maximum Gasteiger partial charge on any atom is 0.247 e. The van der Waals surface area contributed by atoms with Gasteiger partial charge >= 0.3 is 0 Å². The molecule has 0 aliphatic carbocycles. The first-order valence-corrected chi connectivity index (χ1v) is 11.5. The molecular formula is C24H30N6O3. The molecule has 1 aromatic carbocycles. The van der Waals surface area contributed by atoms with E-state index < -0.39 is 6.04 Å². The minimum atomic E-state index is -0.650. The zero-order valence-electron chi connectivity index (χ0n) is 19.2. The van der Waals surface area contributed by atoms with Crippen LogP contribution in [-0.4, -0.2) is 59.8 Å². The van der Waals surface area contributed by atoms with Gasteiger partial charge in [0.2, 0.25) is 17.8 Å². The van der Waals surface area contributed by atoms with Crippen LogP contribution in [0.1, 0.15) is 43.4 Å². The highest BCUT2D eigenvalue weighted by Crippen LogP contribution is 2.26. The predicted octanol–water partition coefficient (Wildman–Crippen LogP) is 2.89. The number of carbonyl (C=O) groups excluding carboxylic acids is 2. The Hall–Kier alpha value is -3.54. The number of anilines is 1. The zero-order chi connectivity index (χ0) is 23.4. The van der Waals surface area contributed by atoms with E-state index in [0.717, 1.165) is 66.8 Å². The maximum absolute atomic E-state index is 13.2.